The summed E-state index contributed by atoms with van der Waals surface area (Å²) in [7, 11) is 3.42. The summed E-state index contributed by atoms with van der Waals surface area (Å²) in [4.78, 5) is 17.8. The lowest BCUT2D eigenvalue weighted by molar-refractivity contribution is 0.0821. The predicted octanol–water partition coefficient (Wildman–Crippen LogP) is 2.50. The average Bonchev–Trinajstić information content (AvgIpc) is 3.10. The summed E-state index contributed by atoms with van der Waals surface area (Å²) in [6.07, 6.45) is 3.82. The van der Waals surface area contributed by atoms with Gasteiger partial charge in [0.15, 0.2) is 0 Å². The molecule has 1 amide bonds. The van der Waals surface area contributed by atoms with Gasteiger partial charge < -0.3 is 14.4 Å². The van der Waals surface area contributed by atoms with Crippen molar-refractivity contribution in [3.63, 3.8) is 0 Å². The van der Waals surface area contributed by atoms with E-state index in [2.05, 4.69) is 4.98 Å². The summed E-state index contributed by atoms with van der Waals surface area (Å²) in [6, 6.07) is 1.71. The standard InChI is InChI=1S/C15H22N2O3/c1-15(2,3)20-13-8-12(19-10-6-7-10)11(9-16-13)14(18)17(4)5/h8-10H,6-7H2,1-5H3. The van der Waals surface area contributed by atoms with Crippen molar-refractivity contribution in [2.24, 2.45) is 0 Å². The van der Waals surface area contributed by atoms with Crippen LogP contribution >= 0.6 is 0 Å². The van der Waals surface area contributed by atoms with Gasteiger partial charge in [-0.15, -0.1) is 0 Å². The Morgan fingerprint density at radius 2 is 2.00 bits per heavy atom. The van der Waals surface area contributed by atoms with Gasteiger partial charge in [-0.05, 0) is 33.6 Å². The Kier molecular flexibility index (Phi) is 3.88. The van der Waals surface area contributed by atoms with E-state index in [1.165, 1.54) is 11.1 Å². The molecule has 1 aliphatic carbocycles. The van der Waals surface area contributed by atoms with Crippen LogP contribution in [0.4, 0.5) is 0 Å². The minimum atomic E-state index is -0.336. The number of nitrogens with zero attached hydrogens (tertiary/aromatic N) is 2. The van der Waals surface area contributed by atoms with E-state index in [1.54, 1.807) is 20.2 Å². The van der Waals surface area contributed by atoms with Crippen molar-refractivity contribution in [3.05, 3.63) is 17.8 Å². The maximum atomic E-state index is 12.1. The molecule has 5 nitrogen and oxygen atoms in total. The molecule has 1 aromatic rings. The minimum Gasteiger partial charge on any atom is -0.489 e. The summed E-state index contributed by atoms with van der Waals surface area (Å²) in [5, 5.41) is 0. The van der Waals surface area contributed by atoms with E-state index < -0.39 is 0 Å². The molecule has 20 heavy (non-hydrogen) atoms. The maximum absolute atomic E-state index is 12.1. The largest absolute Gasteiger partial charge is 0.489 e. The Bertz CT molecular complexity index is 502. The molecule has 0 N–H and O–H groups in total. The lowest BCUT2D eigenvalue weighted by Crippen LogP contribution is -2.25. The summed E-state index contributed by atoms with van der Waals surface area (Å²) < 4.78 is 11.5. The van der Waals surface area contributed by atoms with Gasteiger partial charge in [-0.2, -0.15) is 0 Å². The molecular weight excluding hydrogens is 256 g/mol. The van der Waals surface area contributed by atoms with Crippen LogP contribution in [0.5, 0.6) is 11.6 Å². The van der Waals surface area contributed by atoms with Gasteiger partial charge in [-0.1, -0.05) is 0 Å². The van der Waals surface area contributed by atoms with E-state index in [1.807, 2.05) is 20.8 Å². The molecule has 0 spiro atoms. The molecule has 0 aliphatic heterocycles. The number of ether oxygens (including phenoxy) is 2. The summed E-state index contributed by atoms with van der Waals surface area (Å²) in [5.41, 5.74) is 0.139. The van der Waals surface area contributed by atoms with Crippen molar-refractivity contribution < 1.29 is 14.3 Å². The number of carbonyl (C=O) groups is 1. The second kappa shape index (κ2) is 5.31. The quantitative estimate of drug-likeness (QED) is 0.849. The number of pyridine rings is 1. The van der Waals surface area contributed by atoms with Crippen molar-refractivity contribution in [2.45, 2.75) is 45.3 Å². The van der Waals surface area contributed by atoms with Gasteiger partial charge in [-0.25, -0.2) is 4.98 Å². The zero-order valence-electron chi connectivity index (χ0n) is 12.8. The average molecular weight is 278 g/mol. The van der Waals surface area contributed by atoms with E-state index in [4.69, 9.17) is 9.47 Å². The Hall–Kier alpha value is -1.78. The number of hydrogen-bond acceptors (Lipinski definition) is 4. The zero-order valence-corrected chi connectivity index (χ0v) is 12.8. The fraction of sp³-hybridized carbons (Fsp3) is 0.600. The van der Waals surface area contributed by atoms with Crippen molar-refractivity contribution in [1.29, 1.82) is 0 Å². The first-order valence-corrected chi connectivity index (χ1v) is 6.83. The number of amides is 1. The Morgan fingerprint density at radius 3 is 2.50 bits per heavy atom. The first kappa shape index (κ1) is 14.6. The number of carbonyl (C=O) groups excluding carboxylic acids is 1. The lowest BCUT2D eigenvalue weighted by Gasteiger charge is -2.21. The molecule has 0 radical (unpaired) electrons. The van der Waals surface area contributed by atoms with Gasteiger partial charge in [0.25, 0.3) is 5.91 Å². The van der Waals surface area contributed by atoms with Gasteiger partial charge in [0.05, 0.1) is 6.10 Å². The number of hydrogen-bond donors (Lipinski definition) is 0. The molecule has 1 aromatic heterocycles. The van der Waals surface area contributed by atoms with E-state index in [0.717, 1.165) is 12.8 Å². The molecule has 0 unspecified atom stereocenters. The summed E-state index contributed by atoms with van der Waals surface area (Å²) >= 11 is 0. The third-order valence-electron chi connectivity index (χ3n) is 2.71. The second-order valence-electron chi connectivity index (χ2n) is 6.25. The van der Waals surface area contributed by atoms with Crippen LogP contribution < -0.4 is 9.47 Å². The van der Waals surface area contributed by atoms with Crippen molar-refractivity contribution in [1.82, 2.24) is 9.88 Å². The Morgan fingerprint density at radius 1 is 1.35 bits per heavy atom. The van der Waals surface area contributed by atoms with Crippen LogP contribution in [0, 0.1) is 0 Å². The lowest BCUT2D eigenvalue weighted by atomic mass is 10.2. The third-order valence-corrected chi connectivity index (χ3v) is 2.71. The number of aromatic nitrogens is 1. The van der Waals surface area contributed by atoms with E-state index >= 15 is 0 Å². The molecular formula is C15H22N2O3. The minimum absolute atomic E-state index is 0.115. The topological polar surface area (TPSA) is 51.7 Å². The highest BCUT2D eigenvalue weighted by Gasteiger charge is 2.27. The van der Waals surface area contributed by atoms with E-state index in [-0.39, 0.29) is 17.6 Å². The Balaban J connectivity index is 2.29. The monoisotopic (exact) mass is 278 g/mol. The van der Waals surface area contributed by atoms with Crippen LogP contribution in [-0.4, -0.2) is 41.6 Å². The molecule has 2 rings (SSSR count). The molecule has 0 bridgehead atoms. The summed E-state index contributed by atoms with van der Waals surface area (Å²) in [6.45, 7) is 5.86. The highest BCUT2D eigenvalue weighted by atomic mass is 16.5. The fourth-order valence-electron chi connectivity index (χ4n) is 1.65. The van der Waals surface area contributed by atoms with Crippen LogP contribution in [-0.2, 0) is 0 Å². The van der Waals surface area contributed by atoms with Crippen molar-refractivity contribution >= 4 is 5.91 Å². The third kappa shape index (κ3) is 3.85. The number of rotatable bonds is 4. The maximum Gasteiger partial charge on any atom is 0.258 e. The van der Waals surface area contributed by atoms with Gasteiger partial charge in [0.2, 0.25) is 5.88 Å². The summed E-state index contributed by atoms with van der Waals surface area (Å²) in [5.74, 6) is 0.916. The van der Waals surface area contributed by atoms with Crippen molar-refractivity contribution in [2.75, 3.05) is 14.1 Å². The van der Waals surface area contributed by atoms with E-state index in [9.17, 15) is 4.79 Å². The van der Waals surface area contributed by atoms with Crippen LogP contribution in [0.15, 0.2) is 12.3 Å². The SMILES string of the molecule is CN(C)C(=O)c1cnc(OC(C)(C)C)cc1OC1CC1. The zero-order chi connectivity index (χ0) is 14.9. The van der Waals surface area contributed by atoms with Crippen LogP contribution in [0.3, 0.4) is 0 Å². The molecule has 0 aromatic carbocycles. The fourth-order valence-corrected chi connectivity index (χ4v) is 1.65. The first-order valence-electron chi connectivity index (χ1n) is 6.83. The molecule has 0 atom stereocenters. The van der Waals surface area contributed by atoms with Gasteiger partial charge in [0.1, 0.15) is 16.9 Å². The molecule has 1 saturated carbocycles. The van der Waals surface area contributed by atoms with Crippen LogP contribution in [0.2, 0.25) is 0 Å². The highest BCUT2D eigenvalue weighted by molar-refractivity contribution is 5.96. The van der Waals surface area contributed by atoms with Crippen molar-refractivity contribution in [3.8, 4) is 11.6 Å². The first-order chi connectivity index (χ1) is 9.26. The second-order valence-corrected chi connectivity index (χ2v) is 6.25. The predicted molar refractivity (Wildman–Crippen MR) is 76.3 cm³/mol. The molecule has 0 saturated heterocycles. The molecule has 5 heteroatoms. The van der Waals surface area contributed by atoms with Crippen LogP contribution in [0.1, 0.15) is 44.0 Å². The van der Waals surface area contributed by atoms with Gasteiger partial charge in [-0.3, -0.25) is 4.79 Å². The van der Waals surface area contributed by atoms with E-state index in [0.29, 0.717) is 17.2 Å². The van der Waals surface area contributed by atoms with Crippen LogP contribution in [0.25, 0.3) is 0 Å². The van der Waals surface area contributed by atoms with Gasteiger partial charge >= 0.3 is 0 Å². The molecule has 1 heterocycles. The normalized spacial score (nSPS) is 14.8. The molecule has 110 valence electrons. The highest BCUT2D eigenvalue weighted by Crippen LogP contribution is 2.32. The smallest absolute Gasteiger partial charge is 0.258 e. The Labute approximate surface area is 119 Å². The molecule has 1 aliphatic rings. The van der Waals surface area contributed by atoms with Gasteiger partial charge in [0, 0.05) is 26.4 Å². The molecule has 1 fully saturated rings.